The highest BCUT2D eigenvalue weighted by atomic mass is 16.5. The minimum Gasteiger partial charge on any atom is -0.493 e. The van der Waals surface area contributed by atoms with Gasteiger partial charge in [-0.05, 0) is 38.8 Å². The monoisotopic (exact) mass is 367 g/mol. The summed E-state index contributed by atoms with van der Waals surface area (Å²) in [6, 6.07) is 5.74. The molecule has 0 unspecified atom stereocenters. The molecule has 0 heterocycles. The van der Waals surface area contributed by atoms with Crippen molar-refractivity contribution in [2.75, 3.05) is 59.1 Å². The van der Waals surface area contributed by atoms with Crippen LogP contribution in [-0.4, -0.2) is 59.7 Å². The Labute approximate surface area is 157 Å². The highest BCUT2D eigenvalue weighted by molar-refractivity contribution is 5.93. The van der Waals surface area contributed by atoms with Crippen LogP contribution in [0.3, 0.4) is 0 Å². The second kappa shape index (κ2) is 14.2. The Morgan fingerprint density at radius 2 is 1.88 bits per heavy atom. The van der Waals surface area contributed by atoms with Crippen molar-refractivity contribution in [3.63, 3.8) is 0 Å². The molecule has 148 valence electrons. The molecule has 0 aliphatic carbocycles. The van der Waals surface area contributed by atoms with Gasteiger partial charge >= 0.3 is 0 Å². The average molecular weight is 367 g/mol. The van der Waals surface area contributed by atoms with Crippen molar-refractivity contribution in [1.29, 1.82) is 0 Å². The normalized spacial score (nSPS) is 11.3. The average Bonchev–Trinajstić information content (AvgIpc) is 2.64. The van der Waals surface area contributed by atoms with Crippen LogP contribution in [0.1, 0.15) is 26.7 Å². The lowest BCUT2D eigenvalue weighted by atomic mass is 10.2. The van der Waals surface area contributed by atoms with Crippen LogP contribution in [0.4, 0.5) is 5.69 Å². The van der Waals surface area contributed by atoms with Gasteiger partial charge in [0.1, 0.15) is 0 Å². The predicted octanol–water partition coefficient (Wildman–Crippen LogP) is 2.91. The Hall–Kier alpha value is -1.99. The molecular weight excluding hydrogens is 334 g/mol. The van der Waals surface area contributed by atoms with E-state index in [1.54, 1.807) is 14.2 Å². The minimum absolute atomic E-state index is 0.584. The molecule has 0 amide bonds. The number of methoxy groups -OCH3 is 2. The molecule has 0 saturated heterocycles. The summed E-state index contributed by atoms with van der Waals surface area (Å²) in [6.07, 6.45) is 1.94. The first-order valence-electron chi connectivity index (χ1n) is 9.18. The molecular formula is C19H33N3O4. The number of ether oxygens (including phenoxy) is 4. The zero-order chi connectivity index (χ0) is 19.0. The molecule has 7 nitrogen and oxygen atoms in total. The zero-order valence-electron chi connectivity index (χ0n) is 16.5. The number of nitrogens with zero attached hydrogens (tertiary/aromatic N) is 1. The number of guanidine groups is 1. The van der Waals surface area contributed by atoms with Crippen molar-refractivity contribution in [3.8, 4) is 11.5 Å². The summed E-state index contributed by atoms with van der Waals surface area (Å²) in [5.41, 5.74) is 0.900. The fraction of sp³-hybridized carbons (Fsp3) is 0.632. The number of hydrogen-bond acceptors (Lipinski definition) is 5. The van der Waals surface area contributed by atoms with Crippen LogP contribution in [0.25, 0.3) is 0 Å². The van der Waals surface area contributed by atoms with Crippen LogP contribution in [0.2, 0.25) is 0 Å². The number of rotatable bonds is 13. The highest BCUT2D eigenvalue weighted by Crippen LogP contribution is 2.30. The summed E-state index contributed by atoms with van der Waals surface area (Å²) in [5.74, 6) is 2.18. The van der Waals surface area contributed by atoms with E-state index in [1.807, 2.05) is 32.0 Å². The SMILES string of the molecule is CCNC(=NCCCCOCCOC)Nc1ccc(OC)c(OCC)c1. The molecule has 0 aromatic heterocycles. The molecule has 1 aromatic rings. The number of aliphatic imine (C=N–C) groups is 1. The molecule has 1 rings (SSSR count). The van der Waals surface area contributed by atoms with Crippen LogP contribution >= 0.6 is 0 Å². The fourth-order valence-corrected chi connectivity index (χ4v) is 2.22. The summed E-state index contributed by atoms with van der Waals surface area (Å²) in [6.45, 7) is 8.11. The van der Waals surface area contributed by atoms with Gasteiger partial charge in [0.25, 0.3) is 0 Å². The van der Waals surface area contributed by atoms with Gasteiger partial charge in [-0.15, -0.1) is 0 Å². The molecule has 0 atom stereocenters. The van der Waals surface area contributed by atoms with Crippen LogP contribution in [0.15, 0.2) is 23.2 Å². The smallest absolute Gasteiger partial charge is 0.195 e. The van der Waals surface area contributed by atoms with Gasteiger partial charge in [-0.3, -0.25) is 4.99 Å². The van der Waals surface area contributed by atoms with Gasteiger partial charge < -0.3 is 29.6 Å². The Bertz CT molecular complexity index is 524. The second-order valence-corrected chi connectivity index (χ2v) is 5.50. The molecule has 7 heteroatoms. The molecule has 26 heavy (non-hydrogen) atoms. The topological polar surface area (TPSA) is 73.3 Å². The molecule has 0 bridgehead atoms. The first-order chi connectivity index (χ1) is 12.7. The summed E-state index contributed by atoms with van der Waals surface area (Å²) >= 11 is 0. The maximum absolute atomic E-state index is 5.62. The van der Waals surface area contributed by atoms with E-state index >= 15 is 0 Å². The van der Waals surface area contributed by atoms with Gasteiger partial charge in [0.05, 0.1) is 26.9 Å². The lowest BCUT2D eigenvalue weighted by molar-refractivity contribution is 0.0690. The van der Waals surface area contributed by atoms with Crippen molar-refractivity contribution in [2.24, 2.45) is 4.99 Å². The van der Waals surface area contributed by atoms with Gasteiger partial charge in [-0.2, -0.15) is 0 Å². The van der Waals surface area contributed by atoms with Crippen molar-refractivity contribution in [2.45, 2.75) is 26.7 Å². The minimum atomic E-state index is 0.584. The zero-order valence-corrected chi connectivity index (χ0v) is 16.5. The second-order valence-electron chi connectivity index (χ2n) is 5.50. The van der Waals surface area contributed by atoms with Crippen LogP contribution in [0, 0.1) is 0 Å². The quantitative estimate of drug-likeness (QED) is 0.317. The molecule has 0 aliphatic heterocycles. The summed E-state index contributed by atoms with van der Waals surface area (Å²) < 4.78 is 21.3. The molecule has 0 radical (unpaired) electrons. The lowest BCUT2D eigenvalue weighted by Gasteiger charge is -2.14. The highest BCUT2D eigenvalue weighted by Gasteiger charge is 2.06. The molecule has 1 aromatic carbocycles. The Morgan fingerprint density at radius 3 is 2.58 bits per heavy atom. The van der Waals surface area contributed by atoms with Crippen LogP contribution < -0.4 is 20.1 Å². The maximum Gasteiger partial charge on any atom is 0.195 e. The Morgan fingerprint density at radius 1 is 1.04 bits per heavy atom. The van der Waals surface area contributed by atoms with Crippen molar-refractivity contribution >= 4 is 11.6 Å². The lowest BCUT2D eigenvalue weighted by Crippen LogP contribution is -2.30. The van der Waals surface area contributed by atoms with E-state index in [1.165, 1.54) is 0 Å². The molecule has 0 spiro atoms. The van der Waals surface area contributed by atoms with Crippen molar-refractivity contribution in [1.82, 2.24) is 5.32 Å². The summed E-state index contributed by atoms with van der Waals surface area (Å²) in [4.78, 5) is 4.60. The van der Waals surface area contributed by atoms with Crippen molar-refractivity contribution in [3.05, 3.63) is 18.2 Å². The third-order valence-corrected chi connectivity index (χ3v) is 3.47. The molecule has 0 saturated carbocycles. The first kappa shape index (κ1) is 22.1. The van der Waals surface area contributed by atoms with Gasteiger partial charge in [0.15, 0.2) is 17.5 Å². The van der Waals surface area contributed by atoms with E-state index in [4.69, 9.17) is 18.9 Å². The maximum atomic E-state index is 5.62. The number of nitrogens with one attached hydrogen (secondary N) is 2. The van der Waals surface area contributed by atoms with E-state index in [9.17, 15) is 0 Å². The van der Waals surface area contributed by atoms with E-state index in [2.05, 4.69) is 15.6 Å². The number of hydrogen-bond donors (Lipinski definition) is 2. The standard InChI is InChI=1S/C19H33N3O4/c1-5-20-19(21-11-7-8-12-25-14-13-23-3)22-16-9-10-17(24-4)18(15-16)26-6-2/h9-10,15H,5-8,11-14H2,1-4H3,(H2,20,21,22). The fourth-order valence-electron chi connectivity index (χ4n) is 2.22. The van der Waals surface area contributed by atoms with Gasteiger partial charge in [0, 0.05) is 38.6 Å². The predicted molar refractivity (Wildman–Crippen MR) is 106 cm³/mol. The van der Waals surface area contributed by atoms with E-state index < -0.39 is 0 Å². The molecule has 0 aliphatic rings. The van der Waals surface area contributed by atoms with Gasteiger partial charge in [-0.1, -0.05) is 0 Å². The van der Waals surface area contributed by atoms with E-state index in [0.717, 1.165) is 44.2 Å². The van der Waals surface area contributed by atoms with Gasteiger partial charge in [-0.25, -0.2) is 0 Å². The largest absolute Gasteiger partial charge is 0.493 e. The Balaban J connectivity index is 2.52. The third-order valence-electron chi connectivity index (χ3n) is 3.47. The van der Waals surface area contributed by atoms with Crippen LogP contribution in [-0.2, 0) is 9.47 Å². The number of anilines is 1. The van der Waals surface area contributed by atoms with E-state index in [0.29, 0.717) is 31.3 Å². The molecule has 0 fully saturated rings. The van der Waals surface area contributed by atoms with E-state index in [-0.39, 0.29) is 0 Å². The third kappa shape index (κ3) is 8.92. The van der Waals surface area contributed by atoms with Crippen molar-refractivity contribution < 1.29 is 18.9 Å². The number of unbranched alkanes of at least 4 members (excludes halogenated alkanes) is 1. The first-order valence-corrected chi connectivity index (χ1v) is 9.18. The summed E-state index contributed by atoms with van der Waals surface area (Å²) in [5, 5.41) is 6.55. The summed E-state index contributed by atoms with van der Waals surface area (Å²) in [7, 11) is 3.31. The molecule has 2 N–H and O–H groups in total. The van der Waals surface area contributed by atoms with Crippen LogP contribution in [0.5, 0.6) is 11.5 Å². The Kier molecular flexibility index (Phi) is 12.1. The number of benzene rings is 1. The van der Waals surface area contributed by atoms with Gasteiger partial charge in [0.2, 0.25) is 0 Å².